The van der Waals surface area contributed by atoms with E-state index in [4.69, 9.17) is 0 Å². The molecule has 0 radical (unpaired) electrons. The molecule has 2 aromatic heterocycles. The van der Waals surface area contributed by atoms with Gasteiger partial charge in [-0.3, -0.25) is 9.59 Å². The van der Waals surface area contributed by atoms with E-state index >= 15 is 0 Å². The van der Waals surface area contributed by atoms with Gasteiger partial charge >= 0.3 is 0 Å². The first-order valence-electron chi connectivity index (χ1n) is 8.17. The molecule has 4 rings (SSSR count). The molecule has 24 heavy (non-hydrogen) atoms. The van der Waals surface area contributed by atoms with Crippen molar-refractivity contribution in [2.75, 3.05) is 6.54 Å². The molecule has 2 saturated heterocycles. The van der Waals surface area contributed by atoms with Gasteiger partial charge in [-0.15, -0.1) is 11.3 Å². The fraction of sp³-hybridized carbons (Fsp3) is 0.471. The van der Waals surface area contributed by atoms with Crippen LogP contribution >= 0.6 is 11.3 Å². The van der Waals surface area contributed by atoms with Crippen LogP contribution in [0.3, 0.4) is 0 Å². The standard InChI is InChI=1S/C17H20N4O2S/c1-11-18-12(10-24-11)9-21-13-5-7-20(15(13)8-16(21)22)17(23)14-4-3-6-19(14)2/h3-4,6,10,13,15H,5,7-9H2,1-2H3/t13-,15-/m0/s1. The Hall–Kier alpha value is -2.15. The van der Waals surface area contributed by atoms with Gasteiger partial charge in [-0.05, 0) is 25.5 Å². The van der Waals surface area contributed by atoms with Gasteiger partial charge in [0, 0.05) is 31.6 Å². The molecule has 2 aromatic rings. The molecule has 0 aromatic carbocycles. The number of carbonyl (C=O) groups excluding carboxylic acids is 2. The van der Waals surface area contributed by atoms with Crippen LogP contribution in [0.5, 0.6) is 0 Å². The van der Waals surface area contributed by atoms with Crippen LogP contribution in [-0.2, 0) is 18.4 Å². The summed E-state index contributed by atoms with van der Waals surface area (Å²) in [5, 5.41) is 3.03. The Balaban J connectivity index is 1.53. The Morgan fingerprint density at radius 2 is 2.25 bits per heavy atom. The Morgan fingerprint density at radius 3 is 2.92 bits per heavy atom. The summed E-state index contributed by atoms with van der Waals surface area (Å²) in [6, 6.07) is 3.81. The van der Waals surface area contributed by atoms with Crippen LogP contribution in [0.15, 0.2) is 23.7 Å². The topological polar surface area (TPSA) is 58.4 Å². The highest BCUT2D eigenvalue weighted by Gasteiger charge is 2.48. The number of likely N-dealkylation sites (tertiary alicyclic amines) is 2. The predicted octanol–water partition coefficient (Wildman–Crippen LogP) is 1.81. The highest BCUT2D eigenvalue weighted by atomic mass is 32.1. The van der Waals surface area contributed by atoms with Gasteiger partial charge in [-0.2, -0.15) is 0 Å². The van der Waals surface area contributed by atoms with Gasteiger partial charge in [0.1, 0.15) is 5.69 Å². The molecule has 7 heteroatoms. The maximum Gasteiger partial charge on any atom is 0.270 e. The number of fused-ring (bicyclic) bond motifs is 1. The summed E-state index contributed by atoms with van der Waals surface area (Å²) in [5.74, 6) is 0.147. The number of nitrogens with zero attached hydrogens (tertiary/aromatic N) is 4. The number of aryl methyl sites for hydroxylation is 2. The fourth-order valence-electron chi connectivity index (χ4n) is 3.87. The zero-order valence-electron chi connectivity index (χ0n) is 13.8. The van der Waals surface area contributed by atoms with Gasteiger partial charge in [0.05, 0.1) is 29.3 Å². The second-order valence-corrected chi connectivity index (χ2v) is 7.57. The quantitative estimate of drug-likeness (QED) is 0.853. The first kappa shape index (κ1) is 15.4. The van der Waals surface area contributed by atoms with Crippen LogP contribution in [0.25, 0.3) is 0 Å². The fourth-order valence-corrected chi connectivity index (χ4v) is 4.48. The SMILES string of the molecule is Cc1nc(CN2C(=O)C[C@H]3[C@@H]2CCN3C(=O)c2cccn2C)cs1. The van der Waals surface area contributed by atoms with Gasteiger partial charge in [-0.1, -0.05) is 0 Å². The molecule has 0 saturated carbocycles. The Kier molecular flexibility index (Phi) is 3.68. The minimum atomic E-state index is -0.0142. The van der Waals surface area contributed by atoms with Crippen molar-refractivity contribution in [3.05, 3.63) is 40.1 Å². The monoisotopic (exact) mass is 344 g/mol. The zero-order valence-corrected chi connectivity index (χ0v) is 14.6. The molecule has 0 N–H and O–H groups in total. The van der Waals surface area contributed by atoms with Crippen molar-refractivity contribution in [3.8, 4) is 0 Å². The van der Waals surface area contributed by atoms with E-state index in [-0.39, 0.29) is 23.9 Å². The third-order valence-electron chi connectivity index (χ3n) is 5.04. The minimum Gasteiger partial charge on any atom is -0.347 e. The Labute approximate surface area is 144 Å². The third-order valence-corrected chi connectivity index (χ3v) is 5.86. The van der Waals surface area contributed by atoms with Crippen LogP contribution in [-0.4, -0.2) is 49.8 Å². The lowest BCUT2D eigenvalue weighted by Gasteiger charge is -2.25. The van der Waals surface area contributed by atoms with Gasteiger partial charge in [0.25, 0.3) is 5.91 Å². The number of carbonyl (C=O) groups is 2. The number of thiazole rings is 1. The second kappa shape index (κ2) is 5.73. The van der Waals surface area contributed by atoms with Crippen LogP contribution in [0, 0.1) is 6.92 Å². The normalized spacial score (nSPS) is 23.2. The summed E-state index contributed by atoms with van der Waals surface area (Å²) in [6.45, 7) is 3.23. The second-order valence-electron chi connectivity index (χ2n) is 6.51. The number of aromatic nitrogens is 2. The molecular weight excluding hydrogens is 324 g/mol. The molecular formula is C17H20N4O2S. The van der Waals surface area contributed by atoms with Crippen LogP contribution in [0.4, 0.5) is 0 Å². The summed E-state index contributed by atoms with van der Waals surface area (Å²) < 4.78 is 1.84. The van der Waals surface area contributed by atoms with Crippen LogP contribution in [0.1, 0.15) is 34.0 Å². The number of hydrogen-bond acceptors (Lipinski definition) is 4. The third kappa shape index (κ3) is 2.43. The van der Waals surface area contributed by atoms with Crippen molar-refractivity contribution in [2.24, 2.45) is 7.05 Å². The summed E-state index contributed by atoms with van der Waals surface area (Å²) in [4.78, 5) is 33.6. The highest BCUT2D eigenvalue weighted by Crippen LogP contribution is 2.34. The van der Waals surface area contributed by atoms with Crippen molar-refractivity contribution in [2.45, 2.75) is 38.4 Å². The summed E-state index contributed by atoms with van der Waals surface area (Å²) >= 11 is 1.60. The molecule has 0 spiro atoms. The molecule has 0 bridgehead atoms. The van der Waals surface area contributed by atoms with Crippen molar-refractivity contribution < 1.29 is 9.59 Å². The summed E-state index contributed by atoms with van der Waals surface area (Å²) in [5.41, 5.74) is 1.62. The van der Waals surface area contributed by atoms with E-state index in [0.717, 1.165) is 17.1 Å². The minimum absolute atomic E-state index is 0.0142. The first-order valence-corrected chi connectivity index (χ1v) is 9.05. The molecule has 2 aliphatic heterocycles. The predicted molar refractivity (Wildman–Crippen MR) is 90.7 cm³/mol. The van der Waals surface area contributed by atoms with E-state index in [1.54, 1.807) is 11.3 Å². The molecule has 4 heterocycles. The van der Waals surface area contributed by atoms with E-state index in [1.807, 2.05) is 52.0 Å². The van der Waals surface area contributed by atoms with E-state index in [9.17, 15) is 9.59 Å². The highest BCUT2D eigenvalue weighted by molar-refractivity contribution is 7.09. The maximum atomic E-state index is 12.8. The lowest BCUT2D eigenvalue weighted by atomic mass is 10.1. The van der Waals surface area contributed by atoms with E-state index < -0.39 is 0 Å². The van der Waals surface area contributed by atoms with E-state index in [1.165, 1.54) is 0 Å². The Morgan fingerprint density at radius 1 is 1.42 bits per heavy atom. The maximum absolute atomic E-state index is 12.8. The molecule has 0 unspecified atom stereocenters. The molecule has 0 aliphatic carbocycles. The number of hydrogen-bond donors (Lipinski definition) is 0. The number of rotatable bonds is 3. The largest absolute Gasteiger partial charge is 0.347 e. The van der Waals surface area contributed by atoms with Crippen molar-refractivity contribution >= 4 is 23.2 Å². The average Bonchev–Trinajstić information content (AvgIpc) is 3.28. The molecule has 6 nitrogen and oxygen atoms in total. The first-order chi connectivity index (χ1) is 11.5. The molecule has 2 atom stereocenters. The van der Waals surface area contributed by atoms with Crippen molar-refractivity contribution in [1.29, 1.82) is 0 Å². The lowest BCUT2D eigenvalue weighted by molar-refractivity contribution is -0.129. The van der Waals surface area contributed by atoms with E-state index in [0.29, 0.717) is 25.2 Å². The Bertz CT molecular complexity index is 796. The smallest absolute Gasteiger partial charge is 0.270 e. The zero-order chi connectivity index (χ0) is 16.8. The molecule has 2 aliphatic rings. The van der Waals surface area contributed by atoms with Gasteiger partial charge < -0.3 is 14.4 Å². The van der Waals surface area contributed by atoms with Crippen LogP contribution in [0.2, 0.25) is 0 Å². The van der Waals surface area contributed by atoms with Gasteiger partial charge in [-0.25, -0.2) is 4.98 Å². The van der Waals surface area contributed by atoms with Gasteiger partial charge in [0.15, 0.2) is 0 Å². The molecule has 2 fully saturated rings. The number of amides is 2. The van der Waals surface area contributed by atoms with E-state index in [2.05, 4.69) is 4.98 Å². The van der Waals surface area contributed by atoms with Crippen molar-refractivity contribution in [3.63, 3.8) is 0 Å². The summed E-state index contributed by atoms with van der Waals surface area (Å²) in [6.07, 6.45) is 3.14. The molecule has 2 amide bonds. The molecule has 126 valence electrons. The average molecular weight is 344 g/mol. The van der Waals surface area contributed by atoms with Crippen molar-refractivity contribution in [1.82, 2.24) is 19.4 Å². The lowest BCUT2D eigenvalue weighted by Crippen LogP contribution is -2.40. The van der Waals surface area contributed by atoms with Gasteiger partial charge in [0.2, 0.25) is 5.91 Å². The van der Waals surface area contributed by atoms with Crippen LogP contribution < -0.4 is 0 Å². The summed E-state index contributed by atoms with van der Waals surface area (Å²) in [7, 11) is 1.87.